The van der Waals surface area contributed by atoms with Crippen LogP contribution in [0.15, 0.2) is 66.7 Å². The molecule has 0 spiro atoms. The number of imide groups is 2. The van der Waals surface area contributed by atoms with Crippen LogP contribution in [0.2, 0.25) is 0 Å². The number of amides is 4. The van der Waals surface area contributed by atoms with Gasteiger partial charge in [-0.05, 0) is 137 Å². The van der Waals surface area contributed by atoms with Crippen LogP contribution in [0.5, 0.6) is 11.5 Å². The Labute approximate surface area is 364 Å². The molecule has 0 radical (unpaired) electrons. The standard InChI is InChI=1S/C48H60ClN5O7/c1-48(2,35-5-10-40(11-6-35)61-31-38(55)28-49)34-3-8-39(9-4-34)60-30-33-15-21-51(22-16-33)29-32-17-23-52(24-18-32)36-19-25-53(26-20-36)37-7-12-41-42(27-37)47(59)54(46(41)58)43-13-14-44(56)50-45(43)57/h3-12,27,32-33,36,38,43,55H,13-26,28-31H2,1-2H3,(H,50,56,57)/t38-,43?/m1/s1. The van der Waals surface area contributed by atoms with Crippen molar-refractivity contribution in [2.45, 2.75) is 88.8 Å². The van der Waals surface area contributed by atoms with Crippen molar-refractivity contribution in [3.05, 3.63) is 89.0 Å². The number of likely N-dealkylation sites (tertiary alicyclic amines) is 2. The lowest BCUT2D eigenvalue weighted by Gasteiger charge is -2.43. The molecule has 0 aromatic heterocycles. The van der Waals surface area contributed by atoms with E-state index in [1.54, 1.807) is 6.07 Å². The Morgan fingerprint density at radius 2 is 1.34 bits per heavy atom. The van der Waals surface area contributed by atoms with Crippen molar-refractivity contribution >= 4 is 40.9 Å². The van der Waals surface area contributed by atoms with E-state index in [1.807, 2.05) is 24.3 Å². The van der Waals surface area contributed by atoms with Crippen LogP contribution in [0.25, 0.3) is 0 Å². The second kappa shape index (κ2) is 18.9. The summed E-state index contributed by atoms with van der Waals surface area (Å²) in [5.41, 5.74) is 3.79. The second-order valence-electron chi connectivity index (χ2n) is 18.2. The van der Waals surface area contributed by atoms with Gasteiger partial charge in [-0.25, -0.2) is 0 Å². The molecule has 3 aromatic carbocycles. The number of aliphatic hydroxyl groups is 1. The second-order valence-corrected chi connectivity index (χ2v) is 18.5. The SMILES string of the molecule is CC(C)(c1ccc(OCC2CCN(CC3CCN(C4CCN(c5ccc6c(c5)C(=O)N(C5CCC(=O)NC5=O)C6=O)CC4)CC3)CC2)cc1)c1ccc(OC[C@H](O)CCl)cc1. The van der Waals surface area contributed by atoms with Gasteiger partial charge in [0, 0.05) is 43.2 Å². The summed E-state index contributed by atoms with van der Waals surface area (Å²) in [4.78, 5) is 59.3. The monoisotopic (exact) mass is 853 g/mol. The zero-order valence-electron chi connectivity index (χ0n) is 35.5. The van der Waals surface area contributed by atoms with E-state index in [9.17, 15) is 24.3 Å². The Morgan fingerprint density at radius 3 is 1.97 bits per heavy atom. The molecule has 8 rings (SSSR count). The average Bonchev–Trinajstić information content (AvgIpc) is 3.53. The molecule has 12 nitrogen and oxygen atoms in total. The van der Waals surface area contributed by atoms with Crippen LogP contribution in [0.3, 0.4) is 0 Å². The average molecular weight is 854 g/mol. The summed E-state index contributed by atoms with van der Waals surface area (Å²) >= 11 is 5.68. The van der Waals surface area contributed by atoms with E-state index in [2.05, 4.69) is 70.3 Å². The highest BCUT2D eigenvalue weighted by atomic mass is 35.5. The third-order valence-electron chi connectivity index (χ3n) is 13.9. The van der Waals surface area contributed by atoms with Crippen molar-refractivity contribution in [2.24, 2.45) is 11.8 Å². The third kappa shape index (κ3) is 9.78. The Morgan fingerprint density at radius 1 is 0.738 bits per heavy atom. The summed E-state index contributed by atoms with van der Waals surface area (Å²) in [6.45, 7) is 12.9. The summed E-state index contributed by atoms with van der Waals surface area (Å²) in [6, 6.07) is 21.6. The van der Waals surface area contributed by atoms with Gasteiger partial charge in [-0.1, -0.05) is 38.1 Å². The van der Waals surface area contributed by atoms with E-state index in [1.165, 1.54) is 43.4 Å². The lowest BCUT2D eigenvalue weighted by molar-refractivity contribution is -0.136. The minimum absolute atomic E-state index is 0.108. The first-order chi connectivity index (χ1) is 29.5. The molecule has 61 heavy (non-hydrogen) atoms. The molecular weight excluding hydrogens is 794 g/mol. The molecular formula is C48H60ClN5O7. The quantitative estimate of drug-likeness (QED) is 0.150. The molecule has 3 aromatic rings. The number of nitrogens with one attached hydrogen (secondary N) is 1. The Hall–Kier alpha value is -4.49. The maximum atomic E-state index is 13.4. The predicted molar refractivity (Wildman–Crippen MR) is 235 cm³/mol. The number of hydrogen-bond acceptors (Lipinski definition) is 10. The molecule has 326 valence electrons. The molecule has 0 bridgehead atoms. The number of rotatable bonds is 14. The number of anilines is 1. The highest BCUT2D eigenvalue weighted by Crippen LogP contribution is 2.35. The van der Waals surface area contributed by atoms with E-state index >= 15 is 0 Å². The molecule has 13 heteroatoms. The number of hydrogen-bond donors (Lipinski definition) is 2. The minimum Gasteiger partial charge on any atom is -0.493 e. The fourth-order valence-corrected chi connectivity index (χ4v) is 9.99. The molecule has 5 aliphatic heterocycles. The summed E-state index contributed by atoms with van der Waals surface area (Å²) < 4.78 is 12.0. The first-order valence-corrected chi connectivity index (χ1v) is 22.8. The number of aliphatic hydroxyl groups excluding tert-OH is 1. The minimum atomic E-state index is -0.953. The summed E-state index contributed by atoms with van der Waals surface area (Å²) in [5, 5.41) is 11.9. The van der Waals surface area contributed by atoms with Crippen LogP contribution in [0, 0.1) is 11.8 Å². The van der Waals surface area contributed by atoms with Gasteiger partial charge in [-0.15, -0.1) is 11.6 Å². The molecule has 4 saturated heterocycles. The van der Waals surface area contributed by atoms with Crippen LogP contribution in [-0.4, -0.2) is 127 Å². The lowest BCUT2D eigenvalue weighted by Crippen LogP contribution is -2.54. The molecule has 0 aliphatic carbocycles. The molecule has 4 fully saturated rings. The number of fused-ring (bicyclic) bond motifs is 1. The van der Waals surface area contributed by atoms with E-state index in [0.29, 0.717) is 28.8 Å². The smallest absolute Gasteiger partial charge is 0.262 e. The number of piperidine rings is 4. The number of halogens is 1. The Bertz CT molecular complexity index is 2040. The fourth-order valence-electron chi connectivity index (χ4n) is 9.90. The predicted octanol–water partition coefficient (Wildman–Crippen LogP) is 5.86. The number of benzene rings is 3. The van der Waals surface area contributed by atoms with E-state index in [0.717, 1.165) is 81.0 Å². The number of ether oxygens (including phenoxy) is 2. The summed E-state index contributed by atoms with van der Waals surface area (Å²) in [6.07, 6.45) is 6.51. The van der Waals surface area contributed by atoms with E-state index < -0.39 is 29.9 Å². The van der Waals surface area contributed by atoms with Gasteiger partial charge in [0.25, 0.3) is 11.8 Å². The molecule has 0 saturated carbocycles. The highest BCUT2D eigenvalue weighted by molar-refractivity contribution is 6.23. The van der Waals surface area contributed by atoms with Crippen LogP contribution >= 0.6 is 11.6 Å². The van der Waals surface area contributed by atoms with Gasteiger partial charge in [-0.2, -0.15) is 0 Å². The van der Waals surface area contributed by atoms with Crippen LogP contribution < -0.4 is 19.7 Å². The first kappa shape index (κ1) is 43.2. The van der Waals surface area contributed by atoms with Crippen LogP contribution in [0.1, 0.15) is 97.1 Å². The summed E-state index contributed by atoms with van der Waals surface area (Å²) in [7, 11) is 0. The van der Waals surface area contributed by atoms with Gasteiger partial charge in [0.05, 0.1) is 23.6 Å². The van der Waals surface area contributed by atoms with Crippen LogP contribution in [-0.2, 0) is 15.0 Å². The molecule has 4 amide bonds. The van der Waals surface area contributed by atoms with Crippen molar-refractivity contribution in [3.8, 4) is 11.5 Å². The highest BCUT2D eigenvalue weighted by Gasteiger charge is 2.45. The topological polar surface area (TPSA) is 132 Å². The van der Waals surface area contributed by atoms with Gasteiger partial charge < -0.3 is 29.3 Å². The van der Waals surface area contributed by atoms with Crippen molar-refractivity contribution in [1.82, 2.24) is 20.0 Å². The fraction of sp³-hybridized carbons (Fsp3) is 0.542. The van der Waals surface area contributed by atoms with Crippen molar-refractivity contribution in [2.75, 3.05) is 69.8 Å². The number of nitrogens with zero attached hydrogens (tertiary/aromatic N) is 4. The molecule has 5 heterocycles. The number of carbonyl (C=O) groups excluding carboxylic acids is 4. The van der Waals surface area contributed by atoms with Gasteiger partial charge >= 0.3 is 0 Å². The molecule has 1 unspecified atom stereocenters. The molecule has 2 atom stereocenters. The molecule has 2 N–H and O–H groups in total. The Kier molecular flexibility index (Phi) is 13.3. The van der Waals surface area contributed by atoms with Gasteiger partial charge in [0.2, 0.25) is 11.8 Å². The van der Waals surface area contributed by atoms with Gasteiger partial charge in [-0.3, -0.25) is 29.4 Å². The van der Waals surface area contributed by atoms with Crippen molar-refractivity contribution in [3.63, 3.8) is 0 Å². The maximum absolute atomic E-state index is 13.4. The largest absolute Gasteiger partial charge is 0.493 e. The number of alkyl halides is 1. The van der Waals surface area contributed by atoms with Gasteiger partial charge in [0.1, 0.15) is 30.3 Å². The van der Waals surface area contributed by atoms with Gasteiger partial charge in [0.15, 0.2) is 0 Å². The molecule has 5 aliphatic rings. The van der Waals surface area contributed by atoms with Crippen LogP contribution in [0.4, 0.5) is 5.69 Å². The maximum Gasteiger partial charge on any atom is 0.262 e. The normalized spacial score (nSPS) is 22.1. The number of carbonyl (C=O) groups is 4. The van der Waals surface area contributed by atoms with Crippen molar-refractivity contribution in [1.29, 1.82) is 0 Å². The zero-order valence-corrected chi connectivity index (χ0v) is 36.3. The lowest BCUT2D eigenvalue weighted by atomic mass is 9.78. The third-order valence-corrected chi connectivity index (χ3v) is 14.3. The Balaban J connectivity index is 0.726. The zero-order chi connectivity index (χ0) is 42.7. The van der Waals surface area contributed by atoms with E-state index in [-0.39, 0.29) is 36.7 Å². The first-order valence-electron chi connectivity index (χ1n) is 22.2. The van der Waals surface area contributed by atoms with Crippen molar-refractivity contribution < 1.29 is 33.8 Å². The summed E-state index contributed by atoms with van der Waals surface area (Å²) in [5.74, 6) is 1.19. The van der Waals surface area contributed by atoms with E-state index in [4.69, 9.17) is 21.1 Å².